The van der Waals surface area contributed by atoms with E-state index in [0.29, 0.717) is 5.41 Å². The Morgan fingerprint density at radius 1 is 1.19 bits per heavy atom. The minimum absolute atomic E-state index is 0.130. The number of carbonyl (C=O) groups is 1. The SMILES string of the molecule is CC(C)(C)OC(=O)N1CC2(CC(CC3CCNCC3)C2)C1. The van der Waals surface area contributed by atoms with Crippen molar-refractivity contribution < 1.29 is 9.53 Å². The van der Waals surface area contributed by atoms with E-state index in [-0.39, 0.29) is 11.7 Å². The molecule has 2 heterocycles. The van der Waals surface area contributed by atoms with Crippen LogP contribution in [-0.2, 0) is 4.74 Å². The van der Waals surface area contributed by atoms with E-state index < -0.39 is 0 Å². The van der Waals surface area contributed by atoms with Crippen molar-refractivity contribution in [2.24, 2.45) is 17.3 Å². The van der Waals surface area contributed by atoms with Crippen molar-refractivity contribution in [1.29, 1.82) is 0 Å². The summed E-state index contributed by atoms with van der Waals surface area (Å²) in [5.74, 6) is 1.85. The summed E-state index contributed by atoms with van der Waals surface area (Å²) in [6.45, 7) is 10.0. The molecule has 3 fully saturated rings. The number of nitrogens with one attached hydrogen (secondary N) is 1. The molecule has 3 aliphatic rings. The van der Waals surface area contributed by atoms with Crippen LogP contribution in [0.25, 0.3) is 0 Å². The molecule has 1 amide bonds. The van der Waals surface area contributed by atoms with Crippen LogP contribution in [0.3, 0.4) is 0 Å². The summed E-state index contributed by atoms with van der Waals surface area (Å²) in [5.41, 5.74) is 0.0749. The molecule has 2 saturated heterocycles. The van der Waals surface area contributed by atoms with Gasteiger partial charge < -0.3 is 15.0 Å². The zero-order valence-corrected chi connectivity index (χ0v) is 13.8. The van der Waals surface area contributed by atoms with Crippen LogP contribution in [0.1, 0.15) is 52.9 Å². The molecular weight excluding hydrogens is 264 g/mol. The highest BCUT2D eigenvalue weighted by molar-refractivity contribution is 5.69. The Bertz CT molecular complexity index is 382. The van der Waals surface area contributed by atoms with Crippen LogP contribution in [0.5, 0.6) is 0 Å². The molecule has 0 aromatic carbocycles. The van der Waals surface area contributed by atoms with Gasteiger partial charge in [-0.3, -0.25) is 0 Å². The number of ether oxygens (including phenoxy) is 1. The molecule has 1 spiro atoms. The molecule has 2 aliphatic heterocycles. The number of nitrogens with zero attached hydrogens (tertiary/aromatic N) is 1. The topological polar surface area (TPSA) is 41.6 Å². The van der Waals surface area contributed by atoms with Crippen molar-refractivity contribution >= 4 is 6.09 Å². The fourth-order valence-electron chi connectivity index (χ4n) is 4.40. The zero-order chi connectivity index (χ0) is 15.1. The Morgan fingerprint density at radius 3 is 2.38 bits per heavy atom. The summed E-state index contributed by atoms with van der Waals surface area (Å²) in [6.07, 6.45) is 6.65. The summed E-state index contributed by atoms with van der Waals surface area (Å²) < 4.78 is 5.43. The highest BCUT2D eigenvalue weighted by Crippen LogP contribution is 2.54. The normalized spacial score (nSPS) is 26.3. The van der Waals surface area contributed by atoms with Gasteiger partial charge in [0.25, 0.3) is 0 Å². The molecular formula is C17H30N2O2. The van der Waals surface area contributed by atoms with Gasteiger partial charge in [-0.25, -0.2) is 4.79 Å². The molecule has 4 nitrogen and oxygen atoms in total. The summed E-state index contributed by atoms with van der Waals surface area (Å²) in [4.78, 5) is 13.8. The van der Waals surface area contributed by atoms with Gasteiger partial charge in [-0.2, -0.15) is 0 Å². The maximum absolute atomic E-state index is 12.0. The molecule has 4 heteroatoms. The minimum Gasteiger partial charge on any atom is -0.444 e. The average Bonchev–Trinajstić information content (AvgIpc) is 2.29. The maximum atomic E-state index is 12.0. The van der Waals surface area contributed by atoms with Crippen LogP contribution < -0.4 is 5.32 Å². The van der Waals surface area contributed by atoms with E-state index in [1.165, 1.54) is 45.2 Å². The number of hydrogen-bond donors (Lipinski definition) is 1. The molecule has 21 heavy (non-hydrogen) atoms. The van der Waals surface area contributed by atoms with Crippen LogP contribution in [0, 0.1) is 17.3 Å². The molecule has 0 aromatic heterocycles. The van der Waals surface area contributed by atoms with E-state index in [1.807, 2.05) is 25.7 Å². The van der Waals surface area contributed by atoms with Gasteiger partial charge in [-0.1, -0.05) is 0 Å². The Labute approximate surface area is 128 Å². The predicted molar refractivity (Wildman–Crippen MR) is 83.2 cm³/mol. The molecule has 0 atom stereocenters. The van der Waals surface area contributed by atoms with Gasteiger partial charge in [0.2, 0.25) is 0 Å². The Morgan fingerprint density at radius 2 is 1.81 bits per heavy atom. The Hall–Kier alpha value is -0.770. The van der Waals surface area contributed by atoms with E-state index in [0.717, 1.165) is 24.9 Å². The van der Waals surface area contributed by atoms with Crippen molar-refractivity contribution in [2.45, 2.75) is 58.5 Å². The first kappa shape index (κ1) is 15.1. The monoisotopic (exact) mass is 294 g/mol. The Balaban J connectivity index is 1.36. The molecule has 1 saturated carbocycles. The lowest BCUT2D eigenvalue weighted by Crippen LogP contribution is -2.64. The lowest BCUT2D eigenvalue weighted by molar-refractivity contribution is -0.0998. The summed E-state index contributed by atoms with van der Waals surface area (Å²) in [6, 6.07) is 0. The number of carbonyl (C=O) groups excluding carboxylic acids is 1. The largest absolute Gasteiger partial charge is 0.444 e. The lowest BCUT2D eigenvalue weighted by Gasteiger charge is -2.59. The third-order valence-corrected chi connectivity index (χ3v) is 5.27. The van der Waals surface area contributed by atoms with Crippen molar-refractivity contribution in [2.75, 3.05) is 26.2 Å². The van der Waals surface area contributed by atoms with Gasteiger partial charge in [0.15, 0.2) is 0 Å². The second-order valence-electron chi connectivity index (χ2n) is 8.54. The fraction of sp³-hybridized carbons (Fsp3) is 0.941. The first-order valence-electron chi connectivity index (χ1n) is 8.54. The molecule has 0 unspecified atom stereocenters. The van der Waals surface area contributed by atoms with Crippen molar-refractivity contribution in [3.8, 4) is 0 Å². The van der Waals surface area contributed by atoms with Crippen LogP contribution in [0.15, 0.2) is 0 Å². The van der Waals surface area contributed by atoms with Gasteiger partial charge in [-0.15, -0.1) is 0 Å². The quantitative estimate of drug-likeness (QED) is 0.851. The maximum Gasteiger partial charge on any atom is 0.410 e. The molecule has 0 aromatic rings. The number of hydrogen-bond acceptors (Lipinski definition) is 3. The van der Waals surface area contributed by atoms with E-state index in [4.69, 9.17) is 4.74 Å². The zero-order valence-electron chi connectivity index (χ0n) is 13.8. The number of rotatable bonds is 2. The van der Waals surface area contributed by atoms with Crippen molar-refractivity contribution in [3.05, 3.63) is 0 Å². The average molecular weight is 294 g/mol. The first-order chi connectivity index (χ1) is 9.85. The first-order valence-corrected chi connectivity index (χ1v) is 8.54. The number of likely N-dealkylation sites (tertiary alicyclic amines) is 1. The highest BCUT2D eigenvalue weighted by atomic mass is 16.6. The van der Waals surface area contributed by atoms with Gasteiger partial charge in [0, 0.05) is 18.5 Å². The molecule has 120 valence electrons. The standard InChI is InChI=1S/C17H30N2O2/c1-16(2,3)21-15(20)19-11-17(12-19)9-14(10-17)8-13-4-6-18-7-5-13/h13-14,18H,4-12H2,1-3H3. The van der Waals surface area contributed by atoms with Crippen molar-refractivity contribution in [3.63, 3.8) is 0 Å². The van der Waals surface area contributed by atoms with Crippen LogP contribution in [-0.4, -0.2) is 42.8 Å². The second kappa shape index (κ2) is 5.45. The molecule has 0 radical (unpaired) electrons. The van der Waals surface area contributed by atoms with Gasteiger partial charge >= 0.3 is 6.09 Å². The third-order valence-electron chi connectivity index (χ3n) is 5.27. The van der Waals surface area contributed by atoms with E-state index in [9.17, 15) is 4.79 Å². The summed E-state index contributed by atoms with van der Waals surface area (Å²) >= 11 is 0. The molecule has 1 N–H and O–H groups in total. The molecule has 1 aliphatic carbocycles. The smallest absolute Gasteiger partial charge is 0.410 e. The number of piperidine rings is 1. The van der Waals surface area contributed by atoms with Crippen LogP contribution in [0.4, 0.5) is 4.79 Å². The predicted octanol–water partition coefficient (Wildman–Crippen LogP) is 3.02. The van der Waals surface area contributed by atoms with Crippen LogP contribution >= 0.6 is 0 Å². The summed E-state index contributed by atoms with van der Waals surface area (Å²) in [7, 11) is 0. The summed E-state index contributed by atoms with van der Waals surface area (Å²) in [5, 5.41) is 3.44. The van der Waals surface area contributed by atoms with Gasteiger partial charge in [0.1, 0.15) is 5.60 Å². The third kappa shape index (κ3) is 3.53. The molecule has 3 rings (SSSR count). The number of amides is 1. The van der Waals surface area contributed by atoms with Gasteiger partial charge in [-0.05, 0) is 77.8 Å². The van der Waals surface area contributed by atoms with Crippen molar-refractivity contribution in [1.82, 2.24) is 10.2 Å². The lowest BCUT2D eigenvalue weighted by atomic mass is 9.56. The minimum atomic E-state index is -0.378. The molecule has 0 bridgehead atoms. The van der Waals surface area contributed by atoms with E-state index in [1.54, 1.807) is 0 Å². The van der Waals surface area contributed by atoms with Gasteiger partial charge in [0.05, 0.1) is 0 Å². The fourth-order valence-corrected chi connectivity index (χ4v) is 4.40. The highest BCUT2D eigenvalue weighted by Gasteiger charge is 2.54. The second-order valence-corrected chi connectivity index (χ2v) is 8.54. The van der Waals surface area contributed by atoms with E-state index in [2.05, 4.69) is 5.32 Å². The van der Waals surface area contributed by atoms with E-state index >= 15 is 0 Å². The Kier molecular flexibility index (Phi) is 3.93. The van der Waals surface area contributed by atoms with Crippen LogP contribution in [0.2, 0.25) is 0 Å².